The predicted molar refractivity (Wildman–Crippen MR) is 96.7 cm³/mol. The molecule has 0 N–H and O–H groups in total. The Morgan fingerprint density at radius 1 is 1.08 bits per heavy atom. The molecule has 0 atom stereocenters. The van der Waals surface area contributed by atoms with Crippen molar-refractivity contribution in [3.8, 4) is 5.75 Å². The highest BCUT2D eigenvalue weighted by atomic mass is 32.2. The van der Waals surface area contributed by atoms with Crippen molar-refractivity contribution in [3.05, 3.63) is 71.5 Å². The van der Waals surface area contributed by atoms with E-state index in [-0.39, 0.29) is 0 Å². The molecule has 0 aliphatic rings. The highest BCUT2D eigenvalue weighted by Crippen LogP contribution is 2.22. The maximum Gasteiger partial charge on any atom is 0.212 e. The lowest BCUT2D eigenvalue weighted by Gasteiger charge is -2.05. The smallest absolute Gasteiger partial charge is 0.212 e. The summed E-state index contributed by atoms with van der Waals surface area (Å²) < 4.78 is 7.09. The van der Waals surface area contributed by atoms with E-state index in [4.69, 9.17) is 4.74 Å². The lowest BCUT2D eigenvalue weighted by molar-refractivity contribution is 0.414. The first-order chi connectivity index (χ1) is 11.8. The van der Waals surface area contributed by atoms with Crippen LogP contribution in [0.2, 0.25) is 0 Å². The van der Waals surface area contributed by atoms with Crippen LogP contribution in [0.5, 0.6) is 5.75 Å². The summed E-state index contributed by atoms with van der Waals surface area (Å²) in [7, 11) is 1.65. The minimum atomic E-state index is 0.747. The first-order valence-corrected chi connectivity index (χ1v) is 8.52. The van der Waals surface area contributed by atoms with Crippen LogP contribution in [0.25, 0.3) is 0 Å². The summed E-state index contributed by atoms with van der Waals surface area (Å²) in [5.41, 5.74) is 2.15. The van der Waals surface area contributed by atoms with Gasteiger partial charge in [-0.15, -0.1) is 10.2 Å². The molecule has 0 fully saturated rings. The van der Waals surface area contributed by atoms with E-state index in [2.05, 4.69) is 27.4 Å². The first kappa shape index (κ1) is 16.3. The minimum absolute atomic E-state index is 0.747. The lowest BCUT2D eigenvalue weighted by Crippen LogP contribution is -1.97. The van der Waals surface area contributed by atoms with E-state index < -0.39 is 0 Å². The van der Waals surface area contributed by atoms with Gasteiger partial charge in [0.15, 0.2) is 5.82 Å². The Morgan fingerprint density at radius 3 is 2.62 bits per heavy atom. The van der Waals surface area contributed by atoms with Crippen molar-refractivity contribution in [2.24, 2.45) is 5.10 Å². The molecule has 0 saturated carbocycles. The van der Waals surface area contributed by atoms with Crippen LogP contribution < -0.4 is 4.74 Å². The van der Waals surface area contributed by atoms with Gasteiger partial charge in [-0.05, 0) is 24.6 Å². The molecule has 2 aromatic carbocycles. The van der Waals surface area contributed by atoms with Gasteiger partial charge in [0.2, 0.25) is 5.16 Å². The Kier molecular flexibility index (Phi) is 5.28. The average Bonchev–Trinajstić information content (AvgIpc) is 2.99. The van der Waals surface area contributed by atoms with Crippen molar-refractivity contribution in [3.63, 3.8) is 0 Å². The molecule has 5 nitrogen and oxygen atoms in total. The summed E-state index contributed by atoms with van der Waals surface area (Å²) in [6.45, 7) is 1.89. The van der Waals surface area contributed by atoms with E-state index in [0.29, 0.717) is 0 Å². The van der Waals surface area contributed by atoms with Crippen LogP contribution in [0.1, 0.15) is 17.0 Å². The maximum absolute atomic E-state index is 5.34. The molecular formula is C18H18N4OS. The van der Waals surface area contributed by atoms with Crippen molar-refractivity contribution in [2.45, 2.75) is 17.8 Å². The number of benzene rings is 2. The third-order valence-electron chi connectivity index (χ3n) is 3.43. The van der Waals surface area contributed by atoms with Crippen molar-refractivity contribution >= 4 is 18.0 Å². The quantitative estimate of drug-likeness (QED) is 0.507. The number of hydrogen-bond acceptors (Lipinski definition) is 5. The number of ether oxygens (including phenoxy) is 1. The van der Waals surface area contributed by atoms with Gasteiger partial charge in [-0.3, -0.25) is 0 Å². The fourth-order valence-electron chi connectivity index (χ4n) is 2.18. The molecule has 0 aliphatic heterocycles. The van der Waals surface area contributed by atoms with Gasteiger partial charge in [-0.2, -0.15) is 9.78 Å². The molecule has 3 rings (SSSR count). The molecule has 0 amide bonds. The largest absolute Gasteiger partial charge is 0.496 e. The Hall–Kier alpha value is -2.60. The molecule has 0 aliphatic carbocycles. The number of rotatable bonds is 6. The molecule has 122 valence electrons. The lowest BCUT2D eigenvalue weighted by atomic mass is 10.2. The van der Waals surface area contributed by atoms with E-state index in [1.165, 1.54) is 5.56 Å². The van der Waals surface area contributed by atoms with Crippen molar-refractivity contribution in [2.75, 3.05) is 7.11 Å². The molecule has 0 spiro atoms. The molecule has 3 aromatic rings. The van der Waals surface area contributed by atoms with Gasteiger partial charge in [0.05, 0.1) is 13.3 Å². The van der Waals surface area contributed by atoms with Crippen LogP contribution in [0.4, 0.5) is 0 Å². The molecule has 0 bridgehead atoms. The van der Waals surface area contributed by atoms with Crippen molar-refractivity contribution < 1.29 is 4.74 Å². The second kappa shape index (κ2) is 7.79. The number of thioether (sulfide) groups is 1. The summed E-state index contributed by atoms with van der Waals surface area (Å²) in [6, 6.07) is 18.0. The summed E-state index contributed by atoms with van der Waals surface area (Å²) in [6.07, 6.45) is 1.77. The normalized spacial score (nSPS) is 11.1. The topological polar surface area (TPSA) is 52.3 Å². The predicted octanol–water partition coefficient (Wildman–Crippen LogP) is 3.77. The minimum Gasteiger partial charge on any atom is -0.496 e. The third-order valence-corrected chi connectivity index (χ3v) is 4.42. The van der Waals surface area contributed by atoms with Crippen molar-refractivity contribution in [1.29, 1.82) is 0 Å². The second-order valence-corrected chi connectivity index (χ2v) is 6.04. The van der Waals surface area contributed by atoms with Crippen LogP contribution in [0, 0.1) is 6.92 Å². The fourth-order valence-corrected chi connectivity index (χ4v) is 3.06. The zero-order valence-electron chi connectivity index (χ0n) is 13.6. The summed E-state index contributed by atoms with van der Waals surface area (Å²) in [5.74, 6) is 2.35. The number of nitrogens with zero attached hydrogens (tertiary/aromatic N) is 4. The molecule has 24 heavy (non-hydrogen) atoms. The zero-order valence-corrected chi connectivity index (χ0v) is 14.4. The highest BCUT2D eigenvalue weighted by molar-refractivity contribution is 7.98. The zero-order chi connectivity index (χ0) is 16.8. The summed E-state index contributed by atoms with van der Waals surface area (Å²) in [5, 5.41) is 13.6. The van der Waals surface area contributed by atoms with Crippen LogP contribution >= 0.6 is 11.8 Å². The van der Waals surface area contributed by atoms with E-state index in [9.17, 15) is 0 Å². The monoisotopic (exact) mass is 338 g/mol. The van der Waals surface area contributed by atoms with Gasteiger partial charge >= 0.3 is 0 Å². The van der Waals surface area contributed by atoms with Gasteiger partial charge in [0.1, 0.15) is 5.75 Å². The number of aromatic nitrogens is 3. The molecule has 0 unspecified atom stereocenters. The highest BCUT2D eigenvalue weighted by Gasteiger charge is 2.09. The van der Waals surface area contributed by atoms with Gasteiger partial charge in [-0.25, -0.2) is 0 Å². The Morgan fingerprint density at radius 2 is 1.83 bits per heavy atom. The average molecular weight is 338 g/mol. The van der Waals surface area contributed by atoms with Gasteiger partial charge in [-0.1, -0.05) is 54.2 Å². The third kappa shape index (κ3) is 3.83. The number of hydrogen-bond donors (Lipinski definition) is 0. The summed E-state index contributed by atoms with van der Waals surface area (Å²) in [4.78, 5) is 0. The van der Waals surface area contributed by atoms with Crippen LogP contribution in [-0.2, 0) is 5.75 Å². The van der Waals surface area contributed by atoms with Crippen LogP contribution in [0.3, 0.4) is 0 Å². The number of methoxy groups -OCH3 is 1. The molecule has 0 radical (unpaired) electrons. The van der Waals surface area contributed by atoms with Gasteiger partial charge in [0.25, 0.3) is 0 Å². The van der Waals surface area contributed by atoms with E-state index >= 15 is 0 Å². The van der Waals surface area contributed by atoms with E-state index in [1.54, 1.807) is 29.8 Å². The Bertz CT molecular complexity index is 830. The van der Waals surface area contributed by atoms with Crippen LogP contribution in [0.15, 0.2) is 64.9 Å². The van der Waals surface area contributed by atoms with Gasteiger partial charge in [0, 0.05) is 11.3 Å². The van der Waals surface area contributed by atoms with Crippen molar-refractivity contribution in [1.82, 2.24) is 14.9 Å². The Balaban J connectivity index is 1.78. The Labute approximate surface area is 145 Å². The number of para-hydroxylation sites is 1. The summed E-state index contributed by atoms with van der Waals surface area (Å²) >= 11 is 1.61. The molecule has 0 saturated heterocycles. The van der Waals surface area contributed by atoms with Crippen LogP contribution in [-0.4, -0.2) is 28.2 Å². The van der Waals surface area contributed by atoms with E-state index in [0.717, 1.165) is 28.0 Å². The molecular weight excluding hydrogens is 320 g/mol. The van der Waals surface area contributed by atoms with E-state index in [1.807, 2.05) is 49.4 Å². The molecule has 1 aromatic heterocycles. The molecule has 1 heterocycles. The number of aryl methyl sites for hydroxylation is 1. The maximum atomic E-state index is 5.34. The second-order valence-electron chi connectivity index (χ2n) is 5.10. The fraction of sp³-hybridized carbons (Fsp3) is 0.167. The molecule has 6 heteroatoms. The SMILES string of the molecule is COc1ccccc1/C=N/n1c(C)nnc1SCc1ccccc1. The van der Waals surface area contributed by atoms with Gasteiger partial charge < -0.3 is 4.74 Å². The standard InChI is InChI=1S/C18H18N4OS/c1-14-20-21-18(24-13-15-8-4-3-5-9-15)22(14)19-12-16-10-6-7-11-17(16)23-2/h3-12H,13H2,1-2H3/b19-12+. The first-order valence-electron chi connectivity index (χ1n) is 7.54.